The molecule has 6 aromatic heterocycles. The summed E-state index contributed by atoms with van der Waals surface area (Å²) in [6.07, 6.45) is 10.0. The van der Waals surface area contributed by atoms with E-state index >= 15 is 0 Å². The molecule has 2 aromatic carbocycles. The molecule has 0 aliphatic carbocycles. The van der Waals surface area contributed by atoms with Gasteiger partial charge in [-0.2, -0.15) is 0 Å². The van der Waals surface area contributed by atoms with Crippen LogP contribution in [-0.4, -0.2) is 75.9 Å². The zero-order valence-electron chi connectivity index (χ0n) is 31.6. The van der Waals surface area contributed by atoms with Crippen LogP contribution in [0.2, 0.25) is 20.1 Å². The number of nitro groups is 2. The molecule has 0 fully saturated rings. The molecule has 0 aliphatic rings. The van der Waals surface area contributed by atoms with Crippen molar-refractivity contribution in [2.45, 2.75) is 0 Å². The third-order valence-electron chi connectivity index (χ3n) is 8.53. The average molecular weight is 953 g/mol. The zero-order valence-corrected chi connectivity index (χ0v) is 36.3. The van der Waals surface area contributed by atoms with Gasteiger partial charge in [0, 0.05) is 96.7 Å². The first kappa shape index (κ1) is 43.7. The first-order valence-electron chi connectivity index (χ1n) is 18.1. The van der Waals surface area contributed by atoms with E-state index in [9.17, 15) is 20.2 Å². The van der Waals surface area contributed by atoms with Gasteiger partial charge in [0.2, 0.25) is 11.9 Å². The fourth-order valence-electron chi connectivity index (χ4n) is 5.74. The molecule has 0 spiro atoms. The van der Waals surface area contributed by atoms with Gasteiger partial charge in [-0.15, -0.1) is 22.7 Å². The average Bonchev–Trinajstić information content (AvgIpc) is 4.10. The highest BCUT2D eigenvalue weighted by atomic mass is 35.5. The van der Waals surface area contributed by atoms with Crippen LogP contribution >= 0.6 is 69.1 Å². The smallest absolute Gasteiger partial charge is 0.303 e. The lowest BCUT2D eigenvalue weighted by atomic mass is 10.1. The lowest BCUT2D eigenvalue weighted by Gasteiger charge is -2.12. The Morgan fingerprint density at radius 3 is 1.35 bits per heavy atom. The predicted octanol–water partition coefficient (Wildman–Crippen LogP) is 10.7. The molecule has 0 amide bonds. The van der Waals surface area contributed by atoms with Crippen LogP contribution < -0.4 is 21.3 Å². The van der Waals surface area contributed by atoms with Crippen LogP contribution in [0, 0.1) is 20.2 Å². The van der Waals surface area contributed by atoms with Gasteiger partial charge in [-0.25, -0.2) is 29.9 Å². The predicted molar refractivity (Wildman–Crippen MR) is 246 cm³/mol. The van der Waals surface area contributed by atoms with Crippen molar-refractivity contribution in [3.05, 3.63) is 137 Å². The number of rotatable bonds is 16. The minimum absolute atomic E-state index is 0.0590. The molecule has 0 saturated heterocycles. The van der Waals surface area contributed by atoms with Gasteiger partial charge < -0.3 is 31.2 Å². The molecule has 0 bridgehead atoms. The Balaban J connectivity index is 0.000000186. The van der Waals surface area contributed by atoms with Gasteiger partial charge in [0.05, 0.1) is 42.4 Å². The molecule has 18 nitrogen and oxygen atoms in total. The summed E-state index contributed by atoms with van der Waals surface area (Å²) >= 11 is 27.5. The minimum atomic E-state index is -0.412. The third-order valence-corrected chi connectivity index (χ3v) is 11.3. The van der Waals surface area contributed by atoms with Crippen LogP contribution in [0.5, 0.6) is 0 Å². The number of imidazole rings is 2. The van der Waals surface area contributed by atoms with Gasteiger partial charge in [0.15, 0.2) is 10.0 Å². The molecule has 0 aliphatic heterocycles. The lowest BCUT2D eigenvalue weighted by Crippen LogP contribution is -2.15. The number of H-pyrrole nitrogens is 2. The highest BCUT2D eigenvalue weighted by molar-refractivity contribution is 7.15. The van der Waals surface area contributed by atoms with Gasteiger partial charge >= 0.3 is 11.4 Å². The molecule has 24 heteroatoms. The monoisotopic (exact) mass is 950 g/mol. The molecular weight excluding hydrogens is 922 g/mol. The van der Waals surface area contributed by atoms with Crippen LogP contribution in [-0.2, 0) is 0 Å². The van der Waals surface area contributed by atoms with Crippen molar-refractivity contribution in [3.8, 4) is 45.3 Å². The van der Waals surface area contributed by atoms with Gasteiger partial charge in [0.25, 0.3) is 0 Å². The molecule has 316 valence electrons. The summed E-state index contributed by atoms with van der Waals surface area (Å²) in [6.45, 7) is 1.79. The molecule has 8 rings (SSSR count). The minimum Gasteiger partial charge on any atom is -0.370 e. The van der Waals surface area contributed by atoms with Gasteiger partial charge in [-0.05, 0) is 47.2 Å². The number of aromatic nitrogens is 8. The molecule has 6 N–H and O–H groups in total. The van der Waals surface area contributed by atoms with E-state index in [0.29, 0.717) is 113 Å². The van der Waals surface area contributed by atoms with Crippen LogP contribution in [0.4, 0.5) is 33.3 Å². The van der Waals surface area contributed by atoms with E-state index in [1.807, 2.05) is 0 Å². The summed E-state index contributed by atoms with van der Waals surface area (Å²) in [4.78, 5) is 53.8. The maximum atomic E-state index is 11.0. The standard InChI is InChI=1S/2C19H15Cl2N7O2S/c2*20-11-1-2-12(14(21)9-11)16-13(17-22-4-5-23-17)10-26-19(27-16)25-7-6-24-18-15(28(29)30)3-8-31-18/h2*1-5,8-10,24H,6-7H2,(H,22,23)(H,25,26,27). The maximum absolute atomic E-state index is 11.0. The molecule has 0 saturated carbocycles. The Morgan fingerprint density at radius 2 is 0.984 bits per heavy atom. The number of benzene rings is 2. The van der Waals surface area contributed by atoms with Crippen molar-refractivity contribution < 1.29 is 9.85 Å². The lowest BCUT2D eigenvalue weighted by molar-refractivity contribution is -0.383. The van der Waals surface area contributed by atoms with E-state index in [-0.39, 0.29) is 11.4 Å². The first-order chi connectivity index (χ1) is 30.0. The fourth-order valence-corrected chi connectivity index (χ4v) is 8.30. The third kappa shape index (κ3) is 10.7. The normalized spacial score (nSPS) is 10.8. The van der Waals surface area contributed by atoms with E-state index in [1.165, 1.54) is 34.8 Å². The van der Waals surface area contributed by atoms with Crippen LogP contribution in [0.1, 0.15) is 0 Å². The van der Waals surface area contributed by atoms with Crippen LogP contribution in [0.3, 0.4) is 0 Å². The number of aromatic amines is 2. The Kier molecular flexibility index (Phi) is 14.4. The quantitative estimate of drug-likeness (QED) is 0.0300. The number of nitrogens with one attached hydrogen (secondary N) is 6. The molecule has 0 radical (unpaired) electrons. The van der Waals surface area contributed by atoms with E-state index < -0.39 is 9.85 Å². The molecule has 62 heavy (non-hydrogen) atoms. The van der Waals surface area contributed by atoms with E-state index in [2.05, 4.69) is 61.1 Å². The van der Waals surface area contributed by atoms with Gasteiger partial charge in [-0.1, -0.05) is 46.4 Å². The summed E-state index contributed by atoms with van der Waals surface area (Å²) in [5, 5.41) is 40.6. The highest BCUT2D eigenvalue weighted by Crippen LogP contribution is 2.37. The largest absolute Gasteiger partial charge is 0.370 e. The summed E-state index contributed by atoms with van der Waals surface area (Å²) in [5.41, 5.74) is 4.06. The van der Waals surface area contributed by atoms with Crippen molar-refractivity contribution in [2.75, 3.05) is 47.4 Å². The van der Waals surface area contributed by atoms with Crippen LogP contribution in [0.15, 0.2) is 96.5 Å². The molecule has 0 atom stereocenters. The number of hydrogen-bond donors (Lipinski definition) is 6. The van der Waals surface area contributed by atoms with E-state index in [1.54, 1.807) is 84.3 Å². The summed E-state index contributed by atoms with van der Waals surface area (Å²) < 4.78 is 0. The first-order valence-corrected chi connectivity index (χ1v) is 21.4. The topological polar surface area (TPSA) is 243 Å². The van der Waals surface area contributed by atoms with Crippen LogP contribution in [0.25, 0.3) is 45.3 Å². The number of hydrogen-bond acceptors (Lipinski definition) is 16. The number of halogens is 4. The SMILES string of the molecule is O=[N+]([O-])c1ccsc1NCCNc1ncc(-c2ncc[nH]2)c(-c2ccc(Cl)cc2Cl)n1.O=[N+]([O-])c1ccsc1NCCNc1ncc(-c2ncc[nH]2)c(-c2ccc(Cl)cc2Cl)n1. The molecule has 0 unspecified atom stereocenters. The van der Waals surface area contributed by atoms with Crippen molar-refractivity contribution >= 4 is 102 Å². The van der Waals surface area contributed by atoms with Crippen molar-refractivity contribution in [2.24, 2.45) is 0 Å². The highest BCUT2D eigenvalue weighted by Gasteiger charge is 2.19. The second-order valence-corrected chi connectivity index (χ2v) is 16.0. The number of nitrogens with zero attached hydrogens (tertiary/aromatic N) is 8. The number of anilines is 4. The molecular formula is C38H30Cl4N14O4S2. The maximum Gasteiger partial charge on any atom is 0.303 e. The fraction of sp³-hybridized carbons (Fsp3) is 0.105. The second kappa shape index (κ2) is 20.4. The Hall–Kier alpha value is -6.42. The summed E-state index contributed by atoms with van der Waals surface area (Å²) in [5.74, 6) is 2.00. The Morgan fingerprint density at radius 1 is 0.565 bits per heavy atom. The Bertz CT molecular complexity index is 2620. The second-order valence-electron chi connectivity index (χ2n) is 12.5. The van der Waals surface area contributed by atoms with Gasteiger partial charge in [0.1, 0.15) is 11.6 Å². The summed E-state index contributed by atoms with van der Waals surface area (Å²) in [7, 11) is 0. The van der Waals surface area contributed by atoms with Crippen molar-refractivity contribution in [1.82, 2.24) is 39.9 Å². The molecule has 8 aromatic rings. The van der Waals surface area contributed by atoms with E-state index in [0.717, 1.165) is 0 Å². The zero-order chi connectivity index (χ0) is 43.6. The van der Waals surface area contributed by atoms with Crippen molar-refractivity contribution in [1.29, 1.82) is 0 Å². The van der Waals surface area contributed by atoms with Gasteiger partial charge in [-0.3, -0.25) is 20.2 Å². The molecule has 6 heterocycles. The Labute approximate surface area is 379 Å². The van der Waals surface area contributed by atoms with Crippen molar-refractivity contribution in [3.63, 3.8) is 0 Å². The number of thiophene rings is 2. The summed E-state index contributed by atoms with van der Waals surface area (Å²) in [6, 6.07) is 13.3. The van der Waals surface area contributed by atoms with E-state index in [4.69, 9.17) is 46.4 Å².